The maximum Gasteiger partial charge on any atom is 0.418 e. The summed E-state index contributed by atoms with van der Waals surface area (Å²) in [6.45, 7) is -0.192. The maximum atomic E-state index is 13.7. The first-order chi connectivity index (χ1) is 14.1. The van der Waals surface area contributed by atoms with Gasteiger partial charge >= 0.3 is 6.18 Å². The summed E-state index contributed by atoms with van der Waals surface area (Å²) in [5.41, 5.74) is 3.84. The number of alkyl halides is 3. The highest BCUT2D eigenvalue weighted by Gasteiger charge is 2.38. The highest BCUT2D eigenvalue weighted by molar-refractivity contribution is 6.09. The van der Waals surface area contributed by atoms with Gasteiger partial charge in [0.25, 0.3) is 11.8 Å². The number of nitrogens with one attached hydrogen (secondary N) is 1. The summed E-state index contributed by atoms with van der Waals surface area (Å²) in [7, 11) is 1.59. The number of primary amides is 1. The van der Waals surface area contributed by atoms with Crippen LogP contribution in [0.3, 0.4) is 0 Å². The molecule has 1 aromatic carbocycles. The number of likely N-dealkylation sites (N-methyl/N-ethyl adjacent to an activating group) is 1. The van der Waals surface area contributed by atoms with E-state index >= 15 is 0 Å². The number of ether oxygens (including phenoxy) is 1. The van der Waals surface area contributed by atoms with E-state index in [0.717, 1.165) is 36.3 Å². The molecule has 0 aromatic heterocycles. The molecule has 3 rings (SSSR count). The number of carbonyl (C=O) groups is 3. The van der Waals surface area contributed by atoms with Crippen LogP contribution in [0.4, 0.5) is 24.5 Å². The molecule has 1 saturated heterocycles. The van der Waals surface area contributed by atoms with Gasteiger partial charge in [-0.1, -0.05) is 6.42 Å². The third-order valence-electron chi connectivity index (χ3n) is 5.42. The molecule has 2 fully saturated rings. The number of anilines is 2. The molecular weight excluding hydrogens is 405 g/mol. The Morgan fingerprint density at radius 3 is 2.57 bits per heavy atom. The van der Waals surface area contributed by atoms with Crippen LogP contribution in [0.1, 0.15) is 24.8 Å². The number of morpholine rings is 1. The van der Waals surface area contributed by atoms with Crippen LogP contribution >= 0.6 is 0 Å². The summed E-state index contributed by atoms with van der Waals surface area (Å²) in [5.74, 6) is -2.27. The lowest BCUT2D eigenvalue weighted by molar-refractivity contribution is -0.138. The van der Waals surface area contributed by atoms with Gasteiger partial charge in [-0.15, -0.1) is 0 Å². The maximum absolute atomic E-state index is 13.7. The van der Waals surface area contributed by atoms with Crippen LogP contribution in [-0.4, -0.2) is 61.5 Å². The number of nitrogens with two attached hydrogens (primary N) is 1. The molecule has 0 spiro atoms. The number of carbonyl (C=O) groups excluding carboxylic acids is 3. The quantitative estimate of drug-likeness (QED) is 0.666. The molecule has 8 nitrogen and oxygen atoms in total. The molecule has 2 aliphatic rings. The van der Waals surface area contributed by atoms with Gasteiger partial charge in [0, 0.05) is 18.3 Å². The number of halogens is 3. The summed E-state index contributed by atoms with van der Waals surface area (Å²) in [6, 6.07) is 1.85. The summed E-state index contributed by atoms with van der Waals surface area (Å²) in [5, 5.41) is 2.35. The predicted molar refractivity (Wildman–Crippen MR) is 102 cm³/mol. The Kier molecular flexibility index (Phi) is 6.32. The van der Waals surface area contributed by atoms with Gasteiger partial charge in [-0.3, -0.25) is 19.3 Å². The van der Waals surface area contributed by atoms with Crippen molar-refractivity contribution in [3.63, 3.8) is 0 Å². The molecule has 1 aliphatic carbocycles. The summed E-state index contributed by atoms with van der Waals surface area (Å²) >= 11 is 0. The molecule has 164 valence electrons. The molecule has 0 bridgehead atoms. The first kappa shape index (κ1) is 22.0. The monoisotopic (exact) mass is 428 g/mol. The van der Waals surface area contributed by atoms with Crippen molar-refractivity contribution in [2.75, 3.05) is 37.0 Å². The van der Waals surface area contributed by atoms with Crippen LogP contribution in [0.5, 0.6) is 0 Å². The van der Waals surface area contributed by atoms with Crippen molar-refractivity contribution in [1.82, 2.24) is 4.90 Å². The first-order valence-corrected chi connectivity index (χ1v) is 9.51. The van der Waals surface area contributed by atoms with E-state index < -0.39 is 35.5 Å². The zero-order valence-corrected chi connectivity index (χ0v) is 16.4. The lowest BCUT2D eigenvalue weighted by Gasteiger charge is -2.37. The molecular formula is C19H23F3N4O4. The van der Waals surface area contributed by atoms with E-state index in [-0.39, 0.29) is 37.2 Å². The zero-order valence-electron chi connectivity index (χ0n) is 16.4. The largest absolute Gasteiger partial charge is 0.418 e. The average molecular weight is 428 g/mol. The van der Waals surface area contributed by atoms with Crippen LogP contribution in [0.2, 0.25) is 0 Å². The van der Waals surface area contributed by atoms with Crippen molar-refractivity contribution in [3.8, 4) is 0 Å². The van der Waals surface area contributed by atoms with Gasteiger partial charge in [0.15, 0.2) is 6.04 Å². The van der Waals surface area contributed by atoms with Gasteiger partial charge in [0.2, 0.25) is 5.91 Å². The third kappa shape index (κ3) is 4.57. The van der Waals surface area contributed by atoms with Gasteiger partial charge in [-0.2, -0.15) is 13.2 Å². The van der Waals surface area contributed by atoms with Crippen molar-refractivity contribution >= 4 is 29.1 Å². The molecule has 1 atom stereocenters. The van der Waals surface area contributed by atoms with E-state index in [1.54, 1.807) is 11.9 Å². The van der Waals surface area contributed by atoms with E-state index in [0.29, 0.717) is 0 Å². The van der Waals surface area contributed by atoms with E-state index in [1.807, 2.05) is 0 Å². The first-order valence-electron chi connectivity index (χ1n) is 9.51. The van der Waals surface area contributed by atoms with Crippen LogP contribution in [-0.2, 0) is 25.3 Å². The summed E-state index contributed by atoms with van der Waals surface area (Å²) < 4.78 is 45.9. The molecule has 3 N–H and O–H groups in total. The summed E-state index contributed by atoms with van der Waals surface area (Å²) in [6.07, 6.45) is -2.17. The minimum atomic E-state index is -4.76. The van der Waals surface area contributed by atoms with E-state index in [9.17, 15) is 27.6 Å². The molecule has 0 unspecified atom stereocenters. The molecule has 3 amide bonds. The Bertz CT molecular complexity index is 842. The highest BCUT2D eigenvalue weighted by Crippen LogP contribution is 2.39. The number of hydrogen-bond acceptors (Lipinski definition) is 5. The van der Waals surface area contributed by atoms with Crippen molar-refractivity contribution in [2.45, 2.75) is 37.5 Å². The van der Waals surface area contributed by atoms with Crippen LogP contribution < -0.4 is 16.0 Å². The number of benzene rings is 1. The second-order valence-electron chi connectivity index (χ2n) is 7.37. The van der Waals surface area contributed by atoms with Gasteiger partial charge in [0.1, 0.15) is 6.61 Å². The minimum absolute atomic E-state index is 0.0104. The van der Waals surface area contributed by atoms with E-state index in [1.165, 1.54) is 6.07 Å². The van der Waals surface area contributed by atoms with Crippen molar-refractivity contribution < 1.29 is 32.3 Å². The Balaban J connectivity index is 1.86. The fourth-order valence-corrected chi connectivity index (χ4v) is 3.58. The third-order valence-corrected chi connectivity index (χ3v) is 5.42. The van der Waals surface area contributed by atoms with Crippen LogP contribution in [0.15, 0.2) is 18.2 Å². The lowest BCUT2D eigenvalue weighted by Crippen LogP contribution is -2.55. The molecule has 1 saturated carbocycles. The Labute approximate surface area is 171 Å². The second-order valence-corrected chi connectivity index (χ2v) is 7.37. The Morgan fingerprint density at radius 1 is 1.33 bits per heavy atom. The normalized spacial score (nSPS) is 18.8. The molecule has 1 aromatic rings. The van der Waals surface area contributed by atoms with E-state index in [2.05, 4.69) is 5.32 Å². The van der Waals surface area contributed by atoms with Crippen molar-refractivity contribution in [3.05, 3.63) is 23.8 Å². The fourth-order valence-electron chi connectivity index (χ4n) is 3.58. The topological polar surface area (TPSA) is 105 Å². The molecule has 1 aliphatic heterocycles. The van der Waals surface area contributed by atoms with Gasteiger partial charge in [-0.25, -0.2) is 0 Å². The smallest absolute Gasteiger partial charge is 0.370 e. The summed E-state index contributed by atoms with van der Waals surface area (Å²) in [4.78, 5) is 39.0. The number of amides is 3. The highest BCUT2D eigenvalue weighted by atomic mass is 19.4. The second kappa shape index (κ2) is 8.60. The van der Waals surface area contributed by atoms with Gasteiger partial charge in [0.05, 0.1) is 17.9 Å². The number of hydrogen-bond donors (Lipinski definition) is 2. The van der Waals surface area contributed by atoms with Crippen LogP contribution in [0.25, 0.3) is 0 Å². The SMILES string of the molecule is CN(C1CCC1)[C@H](C(N)=O)C(=O)Nc1ccc(N2CCOCC2=O)c(C(F)(F)F)c1. The van der Waals surface area contributed by atoms with Gasteiger partial charge < -0.3 is 20.7 Å². The predicted octanol–water partition coefficient (Wildman–Crippen LogP) is 1.35. The van der Waals surface area contributed by atoms with Gasteiger partial charge in [-0.05, 0) is 38.1 Å². The molecule has 30 heavy (non-hydrogen) atoms. The Hall–Kier alpha value is -2.66. The van der Waals surface area contributed by atoms with Crippen molar-refractivity contribution in [1.29, 1.82) is 0 Å². The van der Waals surface area contributed by atoms with E-state index in [4.69, 9.17) is 10.5 Å². The van der Waals surface area contributed by atoms with Crippen LogP contribution in [0, 0.1) is 0 Å². The molecule has 0 radical (unpaired) electrons. The molecule has 11 heteroatoms. The lowest BCUT2D eigenvalue weighted by atomic mass is 9.90. The zero-order chi connectivity index (χ0) is 22.1. The number of rotatable bonds is 6. The minimum Gasteiger partial charge on any atom is -0.370 e. The average Bonchev–Trinajstić information content (AvgIpc) is 2.60. The van der Waals surface area contributed by atoms with Crippen molar-refractivity contribution in [2.24, 2.45) is 5.73 Å². The standard InChI is InChI=1S/C19H23F3N4O4/c1-25(12-3-2-4-12)16(17(23)28)18(29)24-11-5-6-14(13(9-11)19(20,21)22)26-7-8-30-10-15(26)27/h5-6,9,12,16H,2-4,7-8,10H2,1H3,(H2,23,28)(H,24,29)/t16-/m1/s1. The number of nitrogens with zero attached hydrogens (tertiary/aromatic N) is 2. The fraction of sp³-hybridized carbons (Fsp3) is 0.526. The Morgan fingerprint density at radius 2 is 2.03 bits per heavy atom. The molecule has 1 heterocycles.